The van der Waals surface area contributed by atoms with Crippen molar-refractivity contribution in [2.45, 2.75) is 6.67 Å². The van der Waals surface area contributed by atoms with Crippen molar-refractivity contribution in [3.8, 4) is 23.0 Å². The summed E-state index contributed by atoms with van der Waals surface area (Å²) in [7, 11) is 3.20. The number of nitrogens with one attached hydrogen (secondary N) is 1. The quantitative estimate of drug-likeness (QED) is 0.598. The van der Waals surface area contributed by atoms with Crippen LogP contribution in [0.4, 0.5) is 5.95 Å². The monoisotopic (exact) mass is 415 g/mol. The molecule has 1 saturated heterocycles. The minimum absolute atomic E-state index is 0.358. The number of anilines is 1. The molecule has 3 heterocycles. The van der Waals surface area contributed by atoms with Crippen molar-refractivity contribution in [3.05, 3.63) is 41.5 Å². The summed E-state index contributed by atoms with van der Waals surface area (Å²) in [6, 6.07) is 7.35. The molecule has 3 aromatic rings. The molecule has 9 nitrogen and oxygen atoms in total. The van der Waals surface area contributed by atoms with Gasteiger partial charge >= 0.3 is 0 Å². The Kier molecular flexibility index (Phi) is 5.72. The van der Waals surface area contributed by atoms with Gasteiger partial charge in [-0.1, -0.05) is 0 Å². The molecule has 0 atom stereocenters. The Morgan fingerprint density at radius 3 is 2.52 bits per heavy atom. The maximum absolute atomic E-state index is 5.73. The molecule has 1 fully saturated rings. The van der Waals surface area contributed by atoms with Crippen molar-refractivity contribution >= 4 is 18.2 Å². The highest BCUT2D eigenvalue weighted by molar-refractivity contribution is 7.71. The topological polar surface area (TPSA) is 82.9 Å². The molecule has 0 bridgehead atoms. The van der Waals surface area contributed by atoms with Gasteiger partial charge in [-0.15, -0.1) is 5.10 Å². The summed E-state index contributed by atoms with van der Waals surface area (Å²) in [4.78, 5) is 12.6. The zero-order chi connectivity index (χ0) is 20.2. The van der Waals surface area contributed by atoms with Crippen LogP contribution in [0, 0.1) is 4.84 Å². The zero-order valence-corrected chi connectivity index (χ0v) is 17.2. The summed E-state index contributed by atoms with van der Waals surface area (Å²) in [5.41, 5.74) is 0.786. The van der Waals surface area contributed by atoms with Gasteiger partial charge in [0.05, 0.1) is 40.4 Å². The maximum Gasteiger partial charge on any atom is 0.292 e. The van der Waals surface area contributed by atoms with Crippen molar-refractivity contribution in [1.29, 1.82) is 0 Å². The summed E-state index contributed by atoms with van der Waals surface area (Å²) in [5, 5.41) is 4.57. The molecule has 0 amide bonds. The van der Waals surface area contributed by atoms with Gasteiger partial charge in [0.2, 0.25) is 11.8 Å². The van der Waals surface area contributed by atoms with Gasteiger partial charge in [0.1, 0.15) is 0 Å². The Bertz CT molecular complexity index is 1010. The SMILES string of the molecule is COc1ccc(-c2nn(C[NH+]3CCN(c4ncccn4)CC3)c(=S)o2)cc1OC. The second-order valence-corrected chi connectivity index (χ2v) is 7.04. The zero-order valence-electron chi connectivity index (χ0n) is 16.4. The molecular weight excluding hydrogens is 392 g/mol. The van der Waals surface area contributed by atoms with Crippen LogP contribution in [0.3, 0.4) is 0 Å². The first-order valence-electron chi connectivity index (χ1n) is 9.34. The summed E-state index contributed by atoms with van der Waals surface area (Å²) < 4.78 is 18.1. The summed E-state index contributed by atoms with van der Waals surface area (Å²) in [6.45, 7) is 4.30. The average molecular weight is 415 g/mol. The van der Waals surface area contributed by atoms with Gasteiger partial charge < -0.3 is 23.7 Å². The fraction of sp³-hybridized carbons (Fsp3) is 0.368. The van der Waals surface area contributed by atoms with E-state index in [0.717, 1.165) is 37.7 Å². The predicted molar refractivity (Wildman–Crippen MR) is 109 cm³/mol. The van der Waals surface area contributed by atoms with Crippen LogP contribution in [0.1, 0.15) is 0 Å². The molecule has 1 N–H and O–H groups in total. The highest BCUT2D eigenvalue weighted by Gasteiger charge is 2.23. The lowest BCUT2D eigenvalue weighted by atomic mass is 10.2. The molecule has 0 unspecified atom stereocenters. The number of piperazine rings is 1. The van der Waals surface area contributed by atoms with E-state index in [1.54, 1.807) is 31.3 Å². The van der Waals surface area contributed by atoms with Gasteiger partial charge in [0, 0.05) is 18.0 Å². The second-order valence-electron chi connectivity index (χ2n) is 6.69. The molecular formula is C19H23N6O3S+. The van der Waals surface area contributed by atoms with Gasteiger partial charge in [0.15, 0.2) is 18.2 Å². The lowest BCUT2D eigenvalue weighted by molar-refractivity contribution is -0.924. The molecule has 29 heavy (non-hydrogen) atoms. The minimum Gasteiger partial charge on any atom is -0.493 e. The van der Waals surface area contributed by atoms with Crippen LogP contribution < -0.4 is 19.3 Å². The Labute approximate surface area is 173 Å². The van der Waals surface area contributed by atoms with Crippen LogP contribution in [0.2, 0.25) is 0 Å². The van der Waals surface area contributed by atoms with E-state index in [4.69, 9.17) is 26.1 Å². The highest BCUT2D eigenvalue weighted by atomic mass is 32.1. The molecule has 0 spiro atoms. The molecule has 0 aliphatic carbocycles. The van der Waals surface area contributed by atoms with Crippen LogP contribution in [0.5, 0.6) is 11.5 Å². The smallest absolute Gasteiger partial charge is 0.292 e. The largest absolute Gasteiger partial charge is 0.493 e. The van der Waals surface area contributed by atoms with E-state index in [1.165, 1.54) is 4.90 Å². The molecule has 0 saturated carbocycles. The van der Waals surface area contributed by atoms with E-state index in [9.17, 15) is 0 Å². The first-order chi connectivity index (χ1) is 14.2. The maximum atomic E-state index is 5.73. The van der Waals surface area contributed by atoms with Gasteiger partial charge in [0.25, 0.3) is 4.84 Å². The standard InChI is InChI=1S/C19H22N6O3S/c1-26-15-5-4-14(12-16(15)27-2)17-22-25(19(29)28-17)13-23-8-10-24(11-9-23)18-20-6-3-7-21-18/h3-7,12H,8-11,13H2,1-2H3/p+1. The van der Waals surface area contributed by atoms with Gasteiger partial charge in [-0.2, -0.15) is 4.68 Å². The summed E-state index contributed by atoms with van der Waals surface area (Å²) in [5.74, 6) is 2.51. The number of nitrogens with zero attached hydrogens (tertiary/aromatic N) is 5. The molecule has 10 heteroatoms. The first kappa shape index (κ1) is 19.3. The highest BCUT2D eigenvalue weighted by Crippen LogP contribution is 2.31. The number of hydrogen-bond donors (Lipinski definition) is 1. The minimum atomic E-state index is 0.358. The van der Waals surface area contributed by atoms with Gasteiger partial charge in [-0.3, -0.25) is 0 Å². The van der Waals surface area contributed by atoms with E-state index >= 15 is 0 Å². The predicted octanol–water partition coefficient (Wildman–Crippen LogP) is 1.04. The number of ether oxygens (including phenoxy) is 2. The Morgan fingerprint density at radius 1 is 1.10 bits per heavy atom. The molecule has 2 aromatic heterocycles. The third-order valence-corrected chi connectivity index (χ3v) is 5.21. The van der Waals surface area contributed by atoms with Gasteiger partial charge in [-0.25, -0.2) is 9.97 Å². The summed E-state index contributed by atoms with van der Waals surface area (Å²) in [6.07, 6.45) is 3.54. The van der Waals surface area contributed by atoms with Crippen LogP contribution in [0.25, 0.3) is 11.5 Å². The third-order valence-electron chi connectivity index (χ3n) is 4.92. The van der Waals surface area contributed by atoms with Crippen LogP contribution >= 0.6 is 12.2 Å². The van der Waals surface area contributed by atoms with Crippen LogP contribution in [-0.2, 0) is 6.67 Å². The Hall–Kier alpha value is -2.98. The fourth-order valence-electron chi connectivity index (χ4n) is 3.34. The third kappa shape index (κ3) is 4.22. The average Bonchev–Trinajstić information content (AvgIpc) is 3.14. The van der Waals surface area contributed by atoms with Crippen LogP contribution in [0.15, 0.2) is 41.1 Å². The number of benzene rings is 1. The van der Waals surface area contributed by atoms with Crippen molar-refractivity contribution in [2.24, 2.45) is 0 Å². The van der Waals surface area contributed by atoms with E-state index in [-0.39, 0.29) is 0 Å². The Morgan fingerprint density at radius 2 is 1.83 bits per heavy atom. The lowest BCUT2D eigenvalue weighted by Crippen LogP contribution is -3.14. The molecule has 1 aliphatic rings. The van der Waals surface area contributed by atoms with Crippen molar-refractivity contribution < 1.29 is 18.8 Å². The lowest BCUT2D eigenvalue weighted by Gasteiger charge is -2.31. The van der Waals surface area contributed by atoms with Gasteiger partial charge in [-0.05, 0) is 36.5 Å². The number of methoxy groups -OCH3 is 2. The molecule has 152 valence electrons. The molecule has 1 aliphatic heterocycles. The summed E-state index contributed by atoms with van der Waals surface area (Å²) >= 11 is 5.39. The van der Waals surface area contributed by atoms with E-state index in [0.29, 0.717) is 28.9 Å². The normalized spacial score (nSPS) is 14.8. The van der Waals surface area contributed by atoms with Crippen molar-refractivity contribution in [3.63, 3.8) is 0 Å². The first-order valence-corrected chi connectivity index (χ1v) is 9.74. The molecule has 0 radical (unpaired) electrons. The van der Waals surface area contributed by atoms with E-state index < -0.39 is 0 Å². The molecule has 4 rings (SSSR count). The number of hydrogen-bond acceptors (Lipinski definition) is 8. The fourth-order valence-corrected chi connectivity index (χ4v) is 3.52. The number of aromatic nitrogens is 4. The van der Waals surface area contributed by atoms with E-state index in [2.05, 4.69) is 20.0 Å². The Balaban J connectivity index is 1.44. The second kappa shape index (κ2) is 8.58. The van der Waals surface area contributed by atoms with Crippen molar-refractivity contribution in [1.82, 2.24) is 19.7 Å². The molecule has 1 aromatic carbocycles. The van der Waals surface area contributed by atoms with E-state index in [1.807, 2.05) is 24.3 Å². The number of rotatable bonds is 6. The van der Waals surface area contributed by atoms with Crippen LogP contribution in [-0.4, -0.2) is 60.1 Å². The van der Waals surface area contributed by atoms with Crippen molar-refractivity contribution in [2.75, 3.05) is 45.3 Å². The number of quaternary nitrogens is 1.